The molecule has 0 spiro atoms. The first kappa shape index (κ1) is 12.2. The van der Waals surface area contributed by atoms with Crippen LogP contribution in [0.15, 0.2) is 47.8 Å². The van der Waals surface area contributed by atoms with Gasteiger partial charge in [-0.25, -0.2) is 0 Å². The third kappa shape index (κ3) is 2.57. The number of nitrogens with one attached hydrogen (secondary N) is 1. The average molecular weight is 219 g/mol. The number of pyridine rings is 1. The number of aromatic amines is 1. The van der Waals surface area contributed by atoms with E-state index < -0.39 is 0 Å². The van der Waals surface area contributed by atoms with Crippen molar-refractivity contribution in [2.45, 2.75) is 6.42 Å². The van der Waals surface area contributed by atoms with E-state index in [0.717, 1.165) is 16.5 Å². The highest BCUT2D eigenvalue weighted by atomic mass is 19.1. The number of hydrogen-bond acceptors (Lipinski definition) is 1. The van der Waals surface area contributed by atoms with Crippen molar-refractivity contribution in [2.75, 3.05) is 7.18 Å². The number of halogens is 1. The summed E-state index contributed by atoms with van der Waals surface area (Å²) in [6, 6.07) is 9.66. The molecular formula is C13H14FNO. The second kappa shape index (κ2) is 5.85. The smallest absolute Gasteiger partial charge is 0.251 e. The molecule has 2 aromatic rings. The summed E-state index contributed by atoms with van der Waals surface area (Å²) in [5, 5.41) is 1.06. The van der Waals surface area contributed by atoms with E-state index in [-0.39, 0.29) is 5.56 Å². The van der Waals surface area contributed by atoms with Crippen molar-refractivity contribution in [3.05, 3.63) is 58.9 Å². The minimum Gasteiger partial charge on any atom is -0.322 e. The number of allylic oxidation sites excluding steroid dienone is 1. The summed E-state index contributed by atoms with van der Waals surface area (Å²) in [5.74, 6) is 0. The van der Waals surface area contributed by atoms with Crippen LogP contribution in [0.3, 0.4) is 0 Å². The molecule has 1 aromatic carbocycles. The molecular weight excluding hydrogens is 205 g/mol. The van der Waals surface area contributed by atoms with Crippen molar-refractivity contribution in [1.82, 2.24) is 4.98 Å². The van der Waals surface area contributed by atoms with Crippen LogP contribution in [0.1, 0.15) is 5.56 Å². The Bertz CT molecular complexity index is 531. The standard InChI is InChI=1S/C12H11NO.CH3F/c1-2-5-10-8-9-6-3-4-7-11(9)13-12(10)14;1-2/h2-4,6-8H,1,5H2,(H,13,14);1H3. The summed E-state index contributed by atoms with van der Waals surface area (Å²) in [7, 11) is 0.500. The minimum atomic E-state index is -0.0244. The lowest BCUT2D eigenvalue weighted by Gasteiger charge is -1.99. The Morgan fingerprint density at radius 3 is 2.75 bits per heavy atom. The minimum absolute atomic E-state index is 0.0244. The van der Waals surface area contributed by atoms with E-state index in [4.69, 9.17) is 0 Å². The van der Waals surface area contributed by atoms with Gasteiger partial charge in [0.15, 0.2) is 0 Å². The predicted octanol–water partition coefficient (Wildman–Crippen LogP) is 2.84. The molecule has 0 aliphatic rings. The van der Waals surface area contributed by atoms with Crippen LogP contribution in [-0.4, -0.2) is 12.2 Å². The van der Waals surface area contributed by atoms with Crippen molar-refractivity contribution >= 4 is 10.9 Å². The number of aromatic nitrogens is 1. The van der Waals surface area contributed by atoms with Crippen LogP contribution in [0.2, 0.25) is 0 Å². The molecule has 1 aromatic heterocycles. The Morgan fingerprint density at radius 2 is 2.06 bits per heavy atom. The maximum atomic E-state index is 11.5. The van der Waals surface area contributed by atoms with Crippen molar-refractivity contribution in [2.24, 2.45) is 0 Å². The summed E-state index contributed by atoms with van der Waals surface area (Å²) < 4.78 is 9.50. The molecule has 0 saturated heterocycles. The van der Waals surface area contributed by atoms with E-state index >= 15 is 0 Å². The van der Waals surface area contributed by atoms with E-state index in [1.165, 1.54) is 0 Å². The number of fused-ring (bicyclic) bond motifs is 1. The van der Waals surface area contributed by atoms with E-state index in [2.05, 4.69) is 11.6 Å². The van der Waals surface area contributed by atoms with Gasteiger partial charge in [0, 0.05) is 11.1 Å². The van der Waals surface area contributed by atoms with Crippen LogP contribution in [0.25, 0.3) is 10.9 Å². The van der Waals surface area contributed by atoms with Gasteiger partial charge in [0.05, 0.1) is 7.18 Å². The monoisotopic (exact) mass is 219 g/mol. The molecule has 1 N–H and O–H groups in total. The summed E-state index contributed by atoms with van der Waals surface area (Å²) in [5.41, 5.74) is 1.62. The van der Waals surface area contributed by atoms with Crippen LogP contribution in [0.5, 0.6) is 0 Å². The molecule has 0 aliphatic heterocycles. The summed E-state index contributed by atoms with van der Waals surface area (Å²) in [6.45, 7) is 3.62. The van der Waals surface area contributed by atoms with Crippen molar-refractivity contribution in [3.63, 3.8) is 0 Å². The third-order valence-electron chi connectivity index (χ3n) is 2.19. The highest BCUT2D eigenvalue weighted by molar-refractivity contribution is 5.78. The Morgan fingerprint density at radius 1 is 1.38 bits per heavy atom. The SMILES string of the molecule is C=CCc1cc2ccccc2[nH]c1=O.CF. The lowest BCUT2D eigenvalue weighted by Crippen LogP contribution is -2.11. The zero-order chi connectivity index (χ0) is 12.0. The molecule has 0 unspecified atom stereocenters. The number of H-pyrrole nitrogens is 1. The molecule has 0 atom stereocenters. The number of para-hydroxylation sites is 1. The van der Waals surface area contributed by atoms with Crippen LogP contribution >= 0.6 is 0 Å². The summed E-state index contributed by atoms with van der Waals surface area (Å²) in [4.78, 5) is 14.4. The molecule has 0 amide bonds. The average Bonchev–Trinajstić information content (AvgIpc) is 2.33. The van der Waals surface area contributed by atoms with Crippen molar-refractivity contribution < 1.29 is 4.39 Å². The Balaban J connectivity index is 0.000000606. The Kier molecular flexibility index (Phi) is 4.45. The summed E-state index contributed by atoms with van der Waals surface area (Å²) in [6.07, 6.45) is 2.35. The number of alkyl halides is 1. The van der Waals surface area contributed by atoms with Crippen LogP contribution < -0.4 is 5.56 Å². The molecule has 16 heavy (non-hydrogen) atoms. The molecule has 0 fully saturated rings. The zero-order valence-corrected chi connectivity index (χ0v) is 9.16. The van der Waals surface area contributed by atoms with Gasteiger partial charge in [-0.2, -0.15) is 0 Å². The number of hydrogen-bond donors (Lipinski definition) is 1. The molecule has 0 radical (unpaired) electrons. The van der Waals surface area contributed by atoms with Gasteiger partial charge in [-0.1, -0.05) is 24.3 Å². The Labute approximate surface area is 93.4 Å². The fourth-order valence-electron chi connectivity index (χ4n) is 1.50. The van der Waals surface area contributed by atoms with Gasteiger partial charge in [0.2, 0.25) is 0 Å². The van der Waals surface area contributed by atoms with Crippen molar-refractivity contribution in [1.29, 1.82) is 0 Å². The van der Waals surface area contributed by atoms with E-state index in [1.807, 2.05) is 30.3 Å². The number of rotatable bonds is 2. The van der Waals surface area contributed by atoms with Gasteiger partial charge < -0.3 is 4.98 Å². The van der Waals surface area contributed by atoms with Gasteiger partial charge in [0.25, 0.3) is 5.56 Å². The van der Waals surface area contributed by atoms with Gasteiger partial charge in [-0.3, -0.25) is 9.18 Å². The first-order chi connectivity index (χ1) is 7.81. The quantitative estimate of drug-likeness (QED) is 0.774. The fourth-order valence-corrected chi connectivity index (χ4v) is 1.50. The van der Waals surface area contributed by atoms with Gasteiger partial charge in [-0.15, -0.1) is 6.58 Å². The lowest BCUT2D eigenvalue weighted by atomic mass is 10.1. The lowest BCUT2D eigenvalue weighted by molar-refractivity contribution is 0.636. The maximum absolute atomic E-state index is 11.5. The highest BCUT2D eigenvalue weighted by Crippen LogP contribution is 2.10. The largest absolute Gasteiger partial charge is 0.322 e. The van der Waals surface area contributed by atoms with Crippen LogP contribution in [0, 0.1) is 0 Å². The van der Waals surface area contributed by atoms with E-state index in [1.54, 1.807) is 6.08 Å². The molecule has 84 valence electrons. The zero-order valence-electron chi connectivity index (χ0n) is 9.16. The third-order valence-corrected chi connectivity index (χ3v) is 2.19. The normalized spacial score (nSPS) is 9.38. The highest BCUT2D eigenvalue weighted by Gasteiger charge is 1.99. The van der Waals surface area contributed by atoms with Crippen LogP contribution in [-0.2, 0) is 6.42 Å². The summed E-state index contributed by atoms with van der Waals surface area (Å²) >= 11 is 0. The predicted molar refractivity (Wildman–Crippen MR) is 65.5 cm³/mol. The molecule has 0 saturated carbocycles. The maximum Gasteiger partial charge on any atom is 0.251 e. The number of benzene rings is 1. The van der Waals surface area contributed by atoms with Gasteiger partial charge in [0.1, 0.15) is 0 Å². The second-order valence-corrected chi connectivity index (χ2v) is 3.20. The van der Waals surface area contributed by atoms with Crippen molar-refractivity contribution in [3.8, 4) is 0 Å². The first-order valence-electron chi connectivity index (χ1n) is 4.91. The fraction of sp³-hybridized carbons (Fsp3) is 0.154. The Hall–Kier alpha value is -1.90. The molecule has 2 nitrogen and oxygen atoms in total. The molecule has 3 heteroatoms. The van der Waals surface area contributed by atoms with Gasteiger partial charge >= 0.3 is 0 Å². The molecule has 0 bridgehead atoms. The molecule has 2 rings (SSSR count). The van der Waals surface area contributed by atoms with E-state index in [0.29, 0.717) is 13.6 Å². The molecule has 1 heterocycles. The molecule has 0 aliphatic carbocycles. The van der Waals surface area contributed by atoms with E-state index in [9.17, 15) is 9.18 Å². The first-order valence-corrected chi connectivity index (χ1v) is 4.91. The van der Waals surface area contributed by atoms with Crippen LogP contribution in [0.4, 0.5) is 4.39 Å². The topological polar surface area (TPSA) is 32.9 Å². The van der Waals surface area contributed by atoms with Gasteiger partial charge in [-0.05, 0) is 23.9 Å². The second-order valence-electron chi connectivity index (χ2n) is 3.20.